The second-order valence-electron chi connectivity index (χ2n) is 7.43. The lowest BCUT2D eigenvalue weighted by Crippen LogP contribution is -2.55. The fourth-order valence-electron chi connectivity index (χ4n) is 3.82. The quantitative estimate of drug-likeness (QED) is 0.913. The van der Waals surface area contributed by atoms with Gasteiger partial charge in [-0.25, -0.2) is 5.43 Å². The third-order valence-corrected chi connectivity index (χ3v) is 5.55. The lowest BCUT2D eigenvalue weighted by Gasteiger charge is -2.41. The largest absolute Gasteiger partial charge is 0.483 e. The van der Waals surface area contributed by atoms with Crippen molar-refractivity contribution in [3.8, 4) is 5.75 Å². The number of carbonyl (C=O) groups excluding carboxylic acids is 1. The molecule has 1 aromatic carbocycles. The molecule has 0 spiro atoms. The number of fused-ring (bicyclic) bond motifs is 3. The van der Waals surface area contributed by atoms with Crippen LogP contribution in [-0.2, 0) is 11.2 Å². The zero-order valence-corrected chi connectivity index (χ0v) is 14.0. The Morgan fingerprint density at radius 2 is 2.22 bits per heavy atom. The lowest BCUT2D eigenvalue weighted by molar-refractivity contribution is -0.122. The van der Waals surface area contributed by atoms with Crippen LogP contribution in [0.15, 0.2) is 17.2 Å². The van der Waals surface area contributed by atoms with Crippen molar-refractivity contribution in [2.24, 2.45) is 10.5 Å². The average Bonchev–Trinajstić information content (AvgIpc) is 2.50. The van der Waals surface area contributed by atoms with Gasteiger partial charge in [0.05, 0.1) is 5.69 Å². The maximum atomic E-state index is 12.0. The molecule has 3 aliphatic rings. The van der Waals surface area contributed by atoms with Gasteiger partial charge in [-0.05, 0) is 61.8 Å². The Morgan fingerprint density at radius 3 is 2.91 bits per heavy atom. The molecule has 2 heterocycles. The summed E-state index contributed by atoms with van der Waals surface area (Å²) >= 11 is 0. The molecule has 0 saturated heterocycles. The van der Waals surface area contributed by atoms with Crippen LogP contribution in [0.1, 0.15) is 44.2 Å². The number of benzene rings is 1. The van der Waals surface area contributed by atoms with Gasteiger partial charge in [0.15, 0.2) is 5.84 Å². The zero-order chi connectivity index (χ0) is 16.2. The van der Waals surface area contributed by atoms with Crippen molar-refractivity contribution < 1.29 is 9.53 Å². The summed E-state index contributed by atoms with van der Waals surface area (Å²) in [5, 5.41) is 4.15. The van der Waals surface area contributed by atoms with Crippen LogP contribution in [0, 0.1) is 12.3 Å². The van der Waals surface area contributed by atoms with Crippen LogP contribution in [0.25, 0.3) is 0 Å². The first kappa shape index (κ1) is 14.5. The van der Waals surface area contributed by atoms with Crippen LogP contribution >= 0.6 is 0 Å². The van der Waals surface area contributed by atoms with Crippen molar-refractivity contribution in [1.82, 2.24) is 5.43 Å². The summed E-state index contributed by atoms with van der Waals surface area (Å²) in [6, 6.07) is 4.06. The number of hydrazone groups is 1. The van der Waals surface area contributed by atoms with E-state index in [2.05, 4.69) is 36.5 Å². The second kappa shape index (κ2) is 4.98. The average molecular weight is 313 g/mol. The molecule has 5 nitrogen and oxygen atoms in total. The van der Waals surface area contributed by atoms with E-state index in [1.165, 1.54) is 30.4 Å². The van der Waals surface area contributed by atoms with E-state index >= 15 is 0 Å². The number of hydrogen-bond donors (Lipinski definition) is 1. The minimum Gasteiger partial charge on any atom is -0.483 e. The first-order valence-electron chi connectivity index (χ1n) is 8.39. The SMILES string of the molecule is Cc1cc2c(cc1CC1(C)CCC1)N1C(=NNC(=O)[C@@H]1C)CO2. The lowest BCUT2D eigenvalue weighted by atomic mass is 9.66. The van der Waals surface area contributed by atoms with E-state index in [1.807, 2.05) is 11.8 Å². The molecule has 0 radical (unpaired) electrons. The first-order valence-corrected chi connectivity index (χ1v) is 8.39. The monoisotopic (exact) mass is 313 g/mol. The molecule has 1 saturated carbocycles. The topological polar surface area (TPSA) is 53.9 Å². The van der Waals surface area contributed by atoms with Crippen molar-refractivity contribution in [2.45, 2.75) is 52.5 Å². The molecular weight excluding hydrogens is 290 g/mol. The Bertz CT molecular complexity index is 706. The molecule has 23 heavy (non-hydrogen) atoms. The van der Waals surface area contributed by atoms with Gasteiger partial charge in [0.2, 0.25) is 0 Å². The van der Waals surface area contributed by atoms with Crippen molar-refractivity contribution in [3.05, 3.63) is 23.3 Å². The molecular formula is C18H23N3O2. The van der Waals surface area contributed by atoms with Gasteiger partial charge < -0.3 is 9.64 Å². The molecule has 4 rings (SSSR count). The van der Waals surface area contributed by atoms with Crippen LogP contribution in [0.5, 0.6) is 5.75 Å². The number of ether oxygens (including phenoxy) is 1. The predicted octanol–water partition coefficient (Wildman–Crippen LogP) is 2.76. The Morgan fingerprint density at radius 1 is 1.43 bits per heavy atom. The number of nitrogens with zero attached hydrogens (tertiary/aromatic N) is 2. The summed E-state index contributed by atoms with van der Waals surface area (Å²) in [4.78, 5) is 14.0. The van der Waals surface area contributed by atoms with E-state index in [9.17, 15) is 4.79 Å². The van der Waals surface area contributed by atoms with Gasteiger partial charge in [-0.1, -0.05) is 13.3 Å². The van der Waals surface area contributed by atoms with Crippen LogP contribution in [0.3, 0.4) is 0 Å². The fourth-order valence-corrected chi connectivity index (χ4v) is 3.82. The van der Waals surface area contributed by atoms with E-state index in [0.717, 1.165) is 23.7 Å². The minimum absolute atomic E-state index is 0.0744. The highest BCUT2D eigenvalue weighted by Crippen LogP contribution is 2.45. The summed E-state index contributed by atoms with van der Waals surface area (Å²) in [6.45, 7) is 6.83. The van der Waals surface area contributed by atoms with Gasteiger partial charge in [0, 0.05) is 0 Å². The number of amidine groups is 1. The van der Waals surface area contributed by atoms with Crippen LogP contribution < -0.4 is 15.1 Å². The zero-order valence-electron chi connectivity index (χ0n) is 14.0. The Kier molecular flexibility index (Phi) is 3.15. The molecule has 1 aromatic rings. The third-order valence-electron chi connectivity index (χ3n) is 5.55. The third kappa shape index (κ3) is 2.30. The van der Waals surface area contributed by atoms with Gasteiger partial charge in [-0.2, -0.15) is 5.10 Å². The highest BCUT2D eigenvalue weighted by atomic mass is 16.5. The standard InChI is InChI=1S/C18H23N3O2/c1-11-7-15-14(8-13(11)9-18(3)5-4-6-18)21-12(2)17(22)20-19-16(21)10-23-15/h7-8,12H,4-6,9-10H2,1-3H3,(H,20,22)/t12-/m0/s1. The Hall–Kier alpha value is -2.04. The van der Waals surface area contributed by atoms with Gasteiger partial charge in [-0.3, -0.25) is 4.79 Å². The van der Waals surface area contributed by atoms with Crippen LogP contribution in [0.2, 0.25) is 0 Å². The van der Waals surface area contributed by atoms with E-state index in [0.29, 0.717) is 12.0 Å². The number of nitrogens with one attached hydrogen (secondary N) is 1. The number of amides is 1. The van der Waals surface area contributed by atoms with Crippen LogP contribution in [-0.4, -0.2) is 24.4 Å². The Balaban J connectivity index is 1.75. The Labute approximate surface area is 136 Å². The predicted molar refractivity (Wildman–Crippen MR) is 89.9 cm³/mol. The molecule has 0 aromatic heterocycles. The molecule has 1 atom stereocenters. The van der Waals surface area contributed by atoms with Crippen molar-refractivity contribution in [3.63, 3.8) is 0 Å². The number of rotatable bonds is 2. The minimum atomic E-state index is -0.264. The maximum Gasteiger partial charge on any atom is 0.262 e. The van der Waals surface area contributed by atoms with Gasteiger partial charge in [0.25, 0.3) is 5.91 Å². The van der Waals surface area contributed by atoms with Crippen molar-refractivity contribution in [1.29, 1.82) is 0 Å². The number of aryl methyl sites for hydroxylation is 1. The molecule has 0 unspecified atom stereocenters. The molecule has 5 heteroatoms. The summed E-state index contributed by atoms with van der Waals surface area (Å²) < 4.78 is 5.86. The summed E-state index contributed by atoms with van der Waals surface area (Å²) in [7, 11) is 0. The van der Waals surface area contributed by atoms with E-state index in [4.69, 9.17) is 4.74 Å². The number of hydrogen-bond acceptors (Lipinski definition) is 4. The molecule has 1 fully saturated rings. The van der Waals surface area contributed by atoms with Gasteiger partial charge >= 0.3 is 0 Å². The van der Waals surface area contributed by atoms with Gasteiger partial charge in [0.1, 0.15) is 18.4 Å². The van der Waals surface area contributed by atoms with Gasteiger partial charge in [-0.15, -0.1) is 0 Å². The van der Waals surface area contributed by atoms with Crippen molar-refractivity contribution in [2.75, 3.05) is 11.5 Å². The smallest absolute Gasteiger partial charge is 0.262 e. The summed E-state index contributed by atoms with van der Waals surface area (Å²) in [5.74, 6) is 1.55. The van der Waals surface area contributed by atoms with E-state index < -0.39 is 0 Å². The molecule has 1 amide bonds. The first-order chi connectivity index (χ1) is 11.0. The molecule has 2 aliphatic heterocycles. The van der Waals surface area contributed by atoms with Crippen LogP contribution in [0.4, 0.5) is 5.69 Å². The molecule has 122 valence electrons. The second-order valence-corrected chi connectivity index (χ2v) is 7.43. The molecule has 0 bridgehead atoms. The highest BCUT2D eigenvalue weighted by molar-refractivity contribution is 6.09. The van der Waals surface area contributed by atoms with Crippen molar-refractivity contribution >= 4 is 17.4 Å². The normalized spacial score (nSPS) is 24.7. The van der Waals surface area contributed by atoms with E-state index in [-0.39, 0.29) is 11.9 Å². The fraction of sp³-hybridized carbons (Fsp3) is 0.556. The highest BCUT2D eigenvalue weighted by Gasteiger charge is 2.37. The number of anilines is 1. The number of carbonyl (C=O) groups is 1. The maximum absolute atomic E-state index is 12.0. The van der Waals surface area contributed by atoms with E-state index in [1.54, 1.807) is 0 Å². The summed E-state index contributed by atoms with van der Waals surface area (Å²) in [6.07, 6.45) is 5.03. The molecule has 1 aliphatic carbocycles. The summed E-state index contributed by atoms with van der Waals surface area (Å²) in [5.41, 5.74) is 6.60. The molecule has 1 N–H and O–H groups in total.